The lowest BCUT2D eigenvalue weighted by atomic mass is 10.2. The molecule has 0 unspecified atom stereocenters. The van der Waals surface area contributed by atoms with Gasteiger partial charge in [0.1, 0.15) is 5.82 Å². The van der Waals surface area contributed by atoms with Crippen molar-refractivity contribution in [1.29, 1.82) is 0 Å². The maximum absolute atomic E-state index is 13.0. The number of halogens is 3. The van der Waals surface area contributed by atoms with E-state index in [-0.39, 0.29) is 18.3 Å². The molecule has 0 fully saturated rings. The highest BCUT2D eigenvalue weighted by atomic mass is 19.2. The fourth-order valence-corrected chi connectivity index (χ4v) is 0.951. The molecule has 1 nitrogen and oxygen atoms in total. The van der Waals surface area contributed by atoms with Gasteiger partial charge in [-0.15, -0.1) is 0 Å². The molecular weight excluding hydrogens is 193 g/mol. The van der Waals surface area contributed by atoms with Crippen LogP contribution >= 0.6 is 0 Å². The predicted molar refractivity (Wildman–Crippen MR) is 46.2 cm³/mol. The average molecular weight is 204 g/mol. The second-order valence-electron chi connectivity index (χ2n) is 3.18. The summed E-state index contributed by atoms with van der Waals surface area (Å²) in [7, 11) is 0. The molecule has 0 atom stereocenters. The first-order valence-electron chi connectivity index (χ1n) is 4.26. The molecule has 0 aliphatic rings. The molecule has 0 bridgehead atoms. The lowest BCUT2D eigenvalue weighted by Gasteiger charge is -2.09. The Morgan fingerprint density at radius 2 is 1.71 bits per heavy atom. The third-order valence-corrected chi connectivity index (χ3v) is 1.70. The van der Waals surface area contributed by atoms with Gasteiger partial charge in [-0.3, -0.25) is 0 Å². The monoisotopic (exact) mass is 204 g/mol. The summed E-state index contributed by atoms with van der Waals surface area (Å²) < 4.78 is 43.7. The number of hydrogen-bond donors (Lipinski definition) is 0. The van der Waals surface area contributed by atoms with Crippen molar-refractivity contribution in [2.75, 3.05) is 0 Å². The fourth-order valence-electron chi connectivity index (χ4n) is 0.951. The van der Waals surface area contributed by atoms with E-state index in [0.717, 1.165) is 12.1 Å². The SMILES string of the molecule is CC(C)OCc1c(F)ccc(F)c1F. The van der Waals surface area contributed by atoms with Crippen LogP contribution in [0.5, 0.6) is 0 Å². The van der Waals surface area contributed by atoms with Crippen LogP contribution in [0.15, 0.2) is 12.1 Å². The van der Waals surface area contributed by atoms with E-state index in [1.54, 1.807) is 13.8 Å². The molecule has 4 heteroatoms. The summed E-state index contributed by atoms with van der Waals surface area (Å²) in [5.74, 6) is -3.02. The maximum atomic E-state index is 13.0. The Kier molecular flexibility index (Phi) is 3.52. The highest BCUT2D eigenvalue weighted by Crippen LogP contribution is 2.17. The lowest BCUT2D eigenvalue weighted by Crippen LogP contribution is -2.06. The molecular formula is C10H11F3O. The Labute approximate surface area is 80.5 Å². The van der Waals surface area contributed by atoms with Crippen LogP contribution in [0.1, 0.15) is 19.4 Å². The summed E-state index contributed by atoms with van der Waals surface area (Å²) in [5, 5.41) is 0. The molecule has 0 radical (unpaired) electrons. The molecule has 1 aromatic rings. The summed E-state index contributed by atoms with van der Waals surface area (Å²) in [5.41, 5.74) is -0.362. The third kappa shape index (κ3) is 2.48. The van der Waals surface area contributed by atoms with Crippen LogP contribution in [0.25, 0.3) is 0 Å². The standard InChI is InChI=1S/C10H11F3O/c1-6(2)14-5-7-8(11)3-4-9(12)10(7)13/h3-4,6H,5H2,1-2H3. The molecule has 0 aliphatic heterocycles. The van der Waals surface area contributed by atoms with E-state index in [2.05, 4.69) is 0 Å². The van der Waals surface area contributed by atoms with Crippen LogP contribution in [0.3, 0.4) is 0 Å². The number of hydrogen-bond acceptors (Lipinski definition) is 1. The summed E-state index contributed by atoms with van der Waals surface area (Å²) in [6, 6.07) is 1.64. The van der Waals surface area contributed by atoms with Gasteiger partial charge in [-0.25, -0.2) is 13.2 Å². The first-order valence-corrected chi connectivity index (χ1v) is 4.26. The maximum Gasteiger partial charge on any atom is 0.167 e. The topological polar surface area (TPSA) is 9.23 Å². The van der Waals surface area contributed by atoms with E-state index >= 15 is 0 Å². The average Bonchev–Trinajstić information content (AvgIpc) is 2.11. The zero-order valence-corrected chi connectivity index (χ0v) is 7.98. The van der Waals surface area contributed by atoms with Gasteiger partial charge in [-0.1, -0.05) is 0 Å². The molecule has 0 amide bonds. The van der Waals surface area contributed by atoms with Crippen LogP contribution < -0.4 is 0 Å². The molecule has 0 aromatic heterocycles. The molecule has 0 spiro atoms. The Hall–Kier alpha value is -1.03. The number of rotatable bonds is 3. The van der Waals surface area contributed by atoms with Crippen molar-refractivity contribution in [1.82, 2.24) is 0 Å². The van der Waals surface area contributed by atoms with Gasteiger partial charge in [0.2, 0.25) is 0 Å². The molecule has 1 aromatic carbocycles. The van der Waals surface area contributed by atoms with Gasteiger partial charge in [-0.2, -0.15) is 0 Å². The van der Waals surface area contributed by atoms with Crippen molar-refractivity contribution in [3.63, 3.8) is 0 Å². The van der Waals surface area contributed by atoms with Crippen LogP contribution in [0.4, 0.5) is 13.2 Å². The van der Waals surface area contributed by atoms with Gasteiger partial charge in [0.15, 0.2) is 11.6 Å². The van der Waals surface area contributed by atoms with Gasteiger partial charge in [-0.05, 0) is 26.0 Å². The minimum atomic E-state index is -1.18. The molecule has 1 rings (SSSR count). The Morgan fingerprint density at radius 3 is 2.29 bits per heavy atom. The molecule has 14 heavy (non-hydrogen) atoms. The van der Waals surface area contributed by atoms with Gasteiger partial charge >= 0.3 is 0 Å². The van der Waals surface area contributed by atoms with Gasteiger partial charge in [0, 0.05) is 0 Å². The lowest BCUT2D eigenvalue weighted by molar-refractivity contribution is 0.0616. The van der Waals surface area contributed by atoms with E-state index in [9.17, 15) is 13.2 Å². The van der Waals surface area contributed by atoms with Crippen molar-refractivity contribution in [2.45, 2.75) is 26.6 Å². The van der Waals surface area contributed by atoms with E-state index in [1.165, 1.54) is 0 Å². The number of benzene rings is 1. The van der Waals surface area contributed by atoms with E-state index in [1.807, 2.05) is 0 Å². The molecule has 0 heterocycles. The summed E-state index contributed by atoms with van der Waals surface area (Å²) >= 11 is 0. The number of ether oxygens (including phenoxy) is 1. The van der Waals surface area contributed by atoms with Gasteiger partial charge in [0.25, 0.3) is 0 Å². The van der Waals surface area contributed by atoms with Crippen LogP contribution in [0.2, 0.25) is 0 Å². The van der Waals surface area contributed by atoms with Crippen molar-refractivity contribution >= 4 is 0 Å². The second kappa shape index (κ2) is 4.46. The Morgan fingerprint density at radius 1 is 1.14 bits per heavy atom. The van der Waals surface area contributed by atoms with E-state index < -0.39 is 17.5 Å². The summed E-state index contributed by atoms with van der Waals surface area (Å²) in [6.45, 7) is 3.21. The molecule has 0 saturated heterocycles. The van der Waals surface area contributed by atoms with Crippen LogP contribution in [0, 0.1) is 17.5 Å². The molecule has 0 aliphatic carbocycles. The summed E-state index contributed by atoms with van der Waals surface area (Å²) in [6.07, 6.45) is -0.155. The third-order valence-electron chi connectivity index (χ3n) is 1.70. The van der Waals surface area contributed by atoms with Gasteiger partial charge in [0.05, 0.1) is 18.3 Å². The largest absolute Gasteiger partial charge is 0.374 e. The van der Waals surface area contributed by atoms with Gasteiger partial charge < -0.3 is 4.74 Å². The zero-order valence-electron chi connectivity index (χ0n) is 7.98. The first-order chi connectivity index (χ1) is 6.52. The summed E-state index contributed by atoms with van der Waals surface area (Å²) in [4.78, 5) is 0. The normalized spacial score (nSPS) is 11.0. The highest BCUT2D eigenvalue weighted by molar-refractivity contribution is 5.20. The minimum absolute atomic E-state index is 0.155. The van der Waals surface area contributed by atoms with E-state index in [4.69, 9.17) is 4.74 Å². The fraction of sp³-hybridized carbons (Fsp3) is 0.400. The molecule has 78 valence electrons. The van der Waals surface area contributed by atoms with Crippen molar-refractivity contribution in [3.05, 3.63) is 35.1 Å². The Balaban J connectivity index is 2.89. The smallest absolute Gasteiger partial charge is 0.167 e. The second-order valence-corrected chi connectivity index (χ2v) is 3.18. The predicted octanol–water partition coefficient (Wildman–Crippen LogP) is 3.03. The van der Waals surface area contributed by atoms with E-state index in [0.29, 0.717) is 0 Å². The highest BCUT2D eigenvalue weighted by Gasteiger charge is 2.13. The van der Waals surface area contributed by atoms with Crippen LogP contribution in [-0.2, 0) is 11.3 Å². The van der Waals surface area contributed by atoms with Crippen molar-refractivity contribution < 1.29 is 17.9 Å². The minimum Gasteiger partial charge on any atom is -0.374 e. The van der Waals surface area contributed by atoms with Crippen molar-refractivity contribution in [2.24, 2.45) is 0 Å². The molecule has 0 N–H and O–H groups in total. The van der Waals surface area contributed by atoms with Crippen molar-refractivity contribution in [3.8, 4) is 0 Å². The quantitative estimate of drug-likeness (QED) is 0.687. The van der Waals surface area contributed by atoms with Crippen LogP contribution in [-0.4, -0.2) is 6.10 Å². The molecule has 0 saturated carbocycles. The first kappa shape index (κ1) is 11.0. The Bertz CT molecular complexity index is 323. The zero-order chi connectivity index (χ0) is 10.7.